The Morgan fingerprint density at radius 1 is 1.05 bits per heavy atom. The van der Waals surface area contributed by atoms with Crippen LogP contribution in [0, 0.1) is 12.8 Å². The number of benzene rings is 3. The van der Waals surface area contributed by atoms with Gasteiger partial charge in [-0.3, -0.25) is 4.79 Å². The van der Waals surface area contributed by atoms with Crippen LogP contribution in [0.3, 0.4) is 0 Å². The van der Waals surface area contributed by atoms with Gasteiger partial charge in [0.2, 0.25) is 0 Å². The molecule has 0 saturated heterocycles. The van der Waals surface area contributed by atoms with Crippen molar-refractivity contribution in [2.24, 2.45) is 11.7 Å². The molecule has 0 amide bonds. The van der Waals surface area contributed by atoms with Crippen molar-refractivity contribution in [3.05, 3.63) is 116 Å². The second-order valence-corrected chi connectivity index (χ2v) is 10.6. The van der Waals surface area contributed by atoms with E-state index in [1.165, 1.54) is 12.8 Å². The lowest BCUT2D eigenvalue weighted by Crippen LogP contribution is -2.25. The van der Waals surface area contributed by atoms with Gasteiger partial charge in [0.05, 0.1) is 17.4 Å². The van der Waals surface area contributed by atoms with Crippen LogP contribution in [0.5, 0.6) is 0 Å². The lowest BCUT2D eigenvalue weighted by molar-refractivity contribution is 0.0985. The van der Waals surface area contributed by atoms with E-state index in [2.05, 4.69) is 22.5 Å². The molecule has 190 valence electrons. The predicted octanol–water partition coefficient (Wildman–Crippen LogP) is 6.46. The molecule has 1 aliphatic carbocycles. The zero-order valence-corrected chi connectivity index (χ0v) is 22.3. The van der Waals surface area contributed by atoms with Crippen molar-refractivity contribution in [2.45, 2.75) is 38.8 Å². The van der Waals surface area contributed by atoms with Crippen molar-refractivity contribution in [1.82, 2.24) is 15.1 Å². The van der Waals surface area contributed by atoms with E-state index in [1.54, 1.807) is 10.7 Å². The van der Waals surface area contributed by atoms with Gasteiger partial charge in [-0.1, -0.05) is 65.7 Å². The Balaban J connectivity index is 1.42. The first-order chi connectivity index (χ1) is 17.9. The molecule has 0 aliphatic heterocycles. The topological polar surface area (TPSA) is 72.9 Å². The summed E-state index contributed by atoms with van der Waals surface area (Å²) in [6, 6.07) is 23.3. The molecule has 1 fully saturated rings. The first-order valence-electron chi connectivity index (χ1n) is 12.6. The van der Waals surface area contributed by atoms with E-state index >= 15 is 0 Å². The van der Waals surface area contributed by atoms with Crippen LogP contribution >= 0.6 is 23.2 Å². The number of ketones is 1. The summed E-state index contributed by atoms with van der Waals surface area (Å²) in [7, 11) is 0. The molecule has 3 N–H and O–H groups in total. The van der Waals surface area contributed by atoms with E-state index in [9.17, 15) is 4.79 Å². The fourth-order valence-corrected chi connectivity index (χ4v) is 5.14. The Labute approximate surface area is 227 Å². The Morgan fingerprint density at radius 2 is 1.84 bits per heavy atom. The monoisotopic (exact) mass is 532 g/mol. The van der Waals surface area contributed by atoms with Gasteiger partial charge in [-0.25, -0.2) is 4.68 Å². The molecule has 0 bridgehead atoms. The van der Waals surface area contributed by atoms with Crippen LogP contribution in [0.4, 0.5) is 0 Å². The molecule has 1 aromatic heterocycles. The molecule has 37 heavy (non-hydrogen) atoms. The smallest absolute Gasteiger partial charge is 0.185 e. The third-order valence-corrected chi connectivity index (χ3v) is 7.30. The molecule has 1 atom stereocenters. The number of nitrogens with one attached hydrogen (secondary N) is 1. The summed E-state index contributed by atoms with van der Waals surface area (Å²) in [6.45, 7) is 3.25. The number of aryl methyl sites for hydroxylation is 1. The van der Waals surface area contributed by atoms with Gasteiger partial charge in [-0.2, -0.15) is 5.10 Å². The lowest BCUT2D eigenvalue weighted by atomic mass is 9.95. The zero-order valence-electron chi connectivity index (χ0n) is 20.8. The van der Waals surface area contributed by atoms with Crippen molar-refractivity contribution in [1.29, 1.82) is 0 Å². The zero-order chi connectivity index (χ0) is 25.9. The Kier molecular flexibility index (Phi) is 7.77. The van der Waals surface area contributed by atoms with Crippen LogP contribution in [0.25, 0.3) is 5.69 Å². The first-order valence-corrected chi connectivity index (χ1v) is 13.3. The molecule has 1 saturated carbocycles. The van der Waals surface area contributed by atoms with E-state index in [0.717, 1.165) is 40.2 Å². The largest absolute Gasteiger partial charge is 0.326 e. The standard InChI is InChI=1S/C30H30Cl2N4O/c1-19-12-28(36(35-19)25-7-3-5-22(14-25)17-33)29(37)15-21-4-2-6-23(13-21)30(34-18-20-8-9-20)26-11-10-24(31)16-27(26)32/h2-7,10-14,16,20,30,34H,8-9,15,17-18,33H2,1H3. The molecule has 0 spiro atoms. The number of hydrogen-bond acceptors (Lipinski definition) is 4. The number of halogens is 2. The maximum atomic E-state index is 13.5. The molecular weight excluding hydrogens is 503 g/mol. The molecule has 1 unspecified atom stereocenters. The second kappa shape index (κ2) is 11.2. The predicted molar refractivity (Wildman–Crippen MR) is 150 cm³/mol. The maximum absolute atomic E-state index is 13.5. The Bertz CT molecular complexity index is 1430. The third kappa shape index (κ3) is 6.13. The molecular formula is C30H30Cl2N4O. The minimum atomic E-state index is -0.0906. The van der Waals surface area contributed by atoms with Crippen LogP contribution in [-0.4, -0.2) is 22.1 Å². The summed E-state index contributed by atoms with van der Waals surface area (Å²) in [5, 5.41) is 9.52. The number of carbonyl (C=O) groups is 1. The Morgan fingerprint density at radius 3 is 2.59 bits per heavy atom. The normalized spacial score (nSPS) is 14.1. The summed E-state index contributed by atoms with van der Waals surface area (Å²) in [4.78, 5) is 13.5. The quantitative estimate of drug-likeness (QED) is 0.230. The van der Waals surface area contributed by atoms with Gasteiger partial charge in [-0.15, -0.1) is 0 Å². The molecule has 7 heteroatoms. The van der Waals surface area contributed by atoms with Crippen molar-refractivity contribution in [2.75, 3.05) is 6.54 Å². The van der Waals surface area contributed by atoms with Crippen LogP contribution < -0.4 is 11.1 Å². The Hall–Kier alpha value is -2.96. The summed E-state index contributed by atoms with van der Waals surface area (Å²) in [5.74, 6) is 0.711. The molecule has 5 nitrogen and oxygen atoms in total. The van der Waals surface area contributed by atoms with Gasteiger partial charge in [-0.05, 0) is 84.8 Å². The van der Waals surface area contributed by atoms with E-state index in [0.29, 0.717) is 28.2 Å². The maximum Gasteiger partial charge on any atom is 0.185 e. The number of Topliss-reactive ketones (excluding diaryl/α,β-unsaturated/α-hetero) is 1. The number of carbonyl (C=O) groups excluding carboxylic acids is 1. The average Bonchev–Trinajstić information content (AvgIpc) is 3.64. The van der Waals surface area contributed by atoms with Crippen LogP contribution in [-0.2, 0) is 13.0 Å². The number of aromatic nitrogens is 2. The van der Waals surface area contributed by atoms with Gasteiger partial charge >= 0.3 is 0 Å². The van der Waals surface area contributed by atoms with Crippen molar-refractivity contribution >= 4 is 29.0 Å². The van der Waals surface area contributed by atoms with Gasteiger partial charge in [0.15, 0.2) is 5.78 Å². The highest BCUT2D eigenvalue weighted by Crippen LogP contribution is 2.34. The molecule has 3 aromatic carbocycles. The summed E-state index contributed by atoms with van der Waals surface area (Å²) in [6.07, 6.45) is 2.77. The van der Waals surface area contributed by atoms with Crippen LogP contribution in [0.2, 0.25) is 10.0 Å². The third-order valence-electron chi connectivity index (χ3n) is 6.74. The first kappa shape index (κ1) is 25.7. The molecule has 0 radical (unpaired) electrons. The molecule has 4 aromatic rings. The van der Waals surface area contributed by atoms with E-state index < -0.39 is 0 Å². The van der Waals surface area contributed by atoms with Crippen LogP contribution in [0.15, 0.2) is 72.8 Å². The van der Waals surface area contributed by atoms with Crippen molar-refractivity contribution in [3.8, 4) is 5.69 Å². The van der Waals surface area contributed by atoms with E-state index in [4.69, 9.17) is 28.9 Å². The van der Waals surface area contributed by atoms with Gasteiger partial charge in [0, 0.05) is 23.0 Å². The fraction of sp³-hybridized carbons (Fsp3) is 0.267. The van der Waals surface area contributed by atoms with E-state index in [1.807, 2.05) is 61.5 Å². The summed E-state index contributed by atoms with van der Waals surface area (Å²) < 4.78 is 1.72. The number of nitrogens with zero attached hydrogens (tertiary/aromatic N) is 2. The summed E-state index contributed by atoms with van der Waals surface area (Å²) >= 11 is 12.8. The second-order valence-electron chi connectivity index (χ2n) is 9.75. The molecule has 5 rings (SSSR count). The van der Waals surface area contributed by atoms with Crippen molar-refractivity contribution in [3.63, 3.8) is 0 Å². The average molecular weight is 534 g/mol. The number of rotatable bonds is 10. The van der Waals surface area contributed by atoms with Gasteiger partial charge < -0.3 is 11.1 Å². The molecule has 1 aliphatic rings. The highest BCUT2D eigenvalue weighted by Gasteiger charge is 2.25. The van der Waals surface area contributed by atoms with E-state index in [-0.39, 0.29) is 18.2 Å². The van der Waals surface area contributed by atoms with Gasteiger partial charge in [0.25, 0.3) is 0 Å². The van der Waals surface area contributed by atoms with Crippen LogP contribution in [0.1, 0.15) is 57.3 Å². The summed E-state index contributed by atoms with van der Waals surface area (Å²) in [5.41, 5.74) is 12.0. The SMILES string of the molecule is Cc1cc(C(=O)Cc2cccc(C(NCC3CC3)c3ccc(Cl)cc3Cl)c2)n(-c2cccc(CN)c2)n1. The minimum absolute atomic E-state index is 0.00270. The fourth-order valence-electron chi connectivity index (χ4n) is 4.62. The number of nitrogens with two attached hydrogens (primary N) is 1. The molecule has 1 heterocycles. The highest BCUT2D eigenvalue weighted by atomic mass is 35.5. The van der Waals surface area contributed by atoms with Gasteiger partial charge in [0.1, 0.15) is 5.69 Å². The van der Waals surface area contributed by atoms with Crippen molar-refractivity contribution < 1.29 is 4.79 Å². The lowest BCUT2D eigenvalue weighted by Gasteiger charge is -2.22. The highest BCUT2D eigenvalue weighted by molar-refractivity contribution is 6.35. The minimum Gasteiger partial charge on any atom is -0.326 e. The number of hydrogen-bond donors (Lipinski definition) is 2.